The zero-order valence-electron chi connectivity index (χ0n) is 21.4. The first-order valence-electron chi connectivity index (χ1n) is 11.7. The third-order valence-electron chi connectivity index (χ3n) is 5.97. The summed E-state index contributed by atoms with van der Waals surface area (Å²) in [5, 5.41) is 11.9. The normalized spacial score (nSPS) is 26.0. The van der Waals surface area contributed by atoms with Gasteiger partial charge >= 0.3 is 12.1 Å². The molecule has 8 nitrogen and oxygen atoms in total. The summed E-state index contributed by atoms with van der Waals surface area (Å²) in [7, 11) is 0. The Labute approximate surface area is 202 Å². The summed E-state index contributed by atoms with van der Waals surface area (Å²) in [5.41, 5.74) is -3.48. The number of nitrogens with zero attached hydrogens (tertiary/aromatic N) is 1. The number of hydrogen-bond acceptors (Lipinski definition) is 7. The van der Waals surface area contributed by atoms with E-state index in [0.717, 1.165) is 5.56 Å². The molecule has 0 saturated carbocycles. The molecule has 0 bridgehead atoms. The van der Waals surface area contributed by atoms with Crippen LogP contribution in [-0.4, -0.2) is 64.9 Å². The van der Waals surface area contributed by atoms with Crippen molar-refractivity contribution < 1.29 is 33.6 Å². The van der Waals surface area contributed by atoms with Gasteiger partial charge in [0.15, 0.2) is 0 Å². The van der Waals surface area contributed by atoms with Crippen LogP contribution in [-0.2, 0) is 30.3 Å². The average Bonchev–Trinajstić information content (AvgIpc) is 2.99. The maximum Gasteiger partial charge on any atom is 0.411 e. The molecule has 1 fully saturated rings. The molecule has 0 spiro atoms. The molecule has 1 amide bonds. The number of amides is 1. The first-order valence-corrected chi connectivity index (χ1v) is 11.7. The van der Waals surface area contributed by atoms with Crippen molar-refractivity contribution in [2.75, 3.05) is 19.9 Å². The summed E-state index contributed by atoms with van der Waals surface area (Å²) in [6.07, 6.45) is 1.47. The van der Waals surface area contributed by atoms with Crippen LogP contribution in [0.5, 0.6) is 0 Å². The molecule has 0 aliphatic carbocycles. The van der Waals surface area contributed by atoms with Gasteiger partial charge in [0.2, 0.25) is 5.54 Å². The summed E-state index contributed by atoms with van der Waals surface area (Å²) in [5.74, 6) is -1.27. The lowest BCUT2D eigenvalue weighted by Crippen LogP contribution is -2.71. The van der Waals surface area contributed by atoms with Gasteiger partial charge in [-0.05, 0) is 47.1 Å². The number of allylic oxidation sites excluding steroid dienone is 1. The number of hydrogen-bond donors (Lipinski definition) is 1. The van der Waals surface area contributed by atoms with Crippen molar-refractivity contribution >= 4 is 12.1 Å². The number of aliphatic hydroxyl groups is 1. The smallest absolute Gasteiger partial charge is 0.411 e. The number of likely N-dealkylation sites (tertiary alicyclic amines) is 1. The molecule has 0 unspecified atom stereocenters. The van der Waals surface area contributed by atoms with Gasteiger partial charge in [-0.15, -0.1) is 0 Å². The van der Waals surface area contributed by atoms with E-state index in [1.165, 1.54) is 11.0 Å². The van der Waals surface area contributed by atoms with Crippen LogP contribution >= 0.6 is 0 Å². The Morgan fingerprint density at radius 2 is 1.91 bits per heavy atom. The highest BCUT2D eigenvalue weighted by atomic mass is 16.7. The van der Waals surface area contributed by atoms with Crippen molar-refractivity contribution in [2.45, 2.75) is 77.9 Å². The fraction of sp³-hybridized carbons (Fsp3) is 0.615. The lowest BCUT2D eigenvalue weighted by atomic mass is 9.72. The molecule has 4 atom stereocenters. The van der Waals surface area contributed by atoms with Gasteiger partial charge in [-0.2, -0.15) is 0 Å². The molecule has 8 heteroatoms. The minimum Gasteiger partial charge on any atom is -0.464 e. The predicted octanol–water partition coefficient (Wildman–Crippen LogP) is 4.06. The fourth-order valence-electron chi connectivity index (χ4n) is 4.46. The Bertz CT molecular complexity index is 850. The van der Waals surface area contributed by atoms with E-state index in [9.17, 15) is 14.7 Å². The van der Waals surface area contributed by atoms with Gasteiger partial charge in [0.1, 0.15) is 18.0 Å². The van der Waals surface area contributed by atoms with Crippen LogP contribution in [0.25, 0.3) is 0 Å². The maximum atomic E-state index is 13.6. The van der Waals surface area contributed by atoms with Crippen LogP contribution in [0.3, 0.4) is 0 Å². The van der Waals surface area contributed by atoms with Gasteiger partial charge in [0.05, 0.1) is 19.3 Å². The first-order chi connectivity index (χ1) is 15.9. The van der Waals surface area contributed by atoms with Gasteiger partial charge in [-0.25, -0.2) is 9.59 Å². The number of benzene rings is 1. The number of ether oxygens (including phenoxy) is 4. The van der Waals surface area contributed by atoms with E-state index in [0.29, 0.717) is 6.61 Å². The molecule has 1 aromatic rings. The van der Waals surface area contributed by atoms with Crippen molar-refractivity contribution in [1.82, 2.24) is 4.90 Å². The molecule has 34 heavy (non-hydrogen) atoms. The number of carbonyl (C=O) groups is 2. The van der Waals surface area contributed by atoms with Crippen molar-refractivity contribution in [3.8, 4) is 0 Å². The highest BCUT2D eigenvalue weighted by molar-refractivity contribution is 5.90. The van der Waals surface area contributed by atoms with Crippen LogP contribution in [0.1, 0.15) is 54.0 Å². The Morgan fingerprint density at radius 3 is 2.47 bits per heavy atom. The summed E-state index contributed by atoms with van der Waals surface area (Å²) in [6, 6.07) is 9.59. The number of carbonyl (C=O) groups excluding carboxylic acids is 2. The lowest BCUT2D eigenvalue weighted by Gasteiger charge is -2.47. The average molecular weight is 478 g/mol. The first kappa shape index (κ1) is 27.8. The Kier molecular flexibility index (Phi) is 9.28. The van der Waals surface area contributed by atoms with Crippen LogP contribution in [0.2, 0.25) is 0 Å². The van der Waals surface area contributed by atoms with Crippen molar-refractivity contribution in [1.29, 1.82) is 0 Å². The second kappa shape index (κ2) is 11.3. The third kappa shape index (κ3) is 5.62. The second-order valence-electron chi connectivity index (χ2n) is 9.56. The quantitative estimate of drug-likeness (QED) is 0.248. The highest BCUT2D eigenvalue weighted by Crippen LogP contribution is 2.48. The van der Waals surface area contributed by atoms with E-state index >= 15 is 0 Å². The molecular weight excluding hydrogens is 438 g/mol. The van der Waals surface area contributed by atoms with Crippen LogP contribution in [0.15, 0.2) is 42.5 Å². The van der Waals surface area contributed by atoms with E-state index < -0.39 is 40.8 Å². The Hall–Kier alpha value is -2.42. The van der Waals surface area contributed by atoms with E-state index in [-0.39, 0.29) is 19.9 Å². The summed E-state index contributed by atoms with van der Waals surface area (Å²) >= 11 is 0. The molecule has 2 rings (SSSR count). The summed E-state index contributed by atoms with van der Waals surface area (Å²) < 4.78 is 22.6. The van der Waals surface area contributed by atoms with Crippen molar-refractivity contribution in [3.63, 3.8) is 0 Å². The third-order valence-corrected chi connectivity index (χ3v) is 5.97. The minimum absolute atomic E-state index is 0.0697. The van der Waals surface area contributed by atoms with Crippen LogP contribution < -0.4 is 0 Å². The van der Waals surface area contributed by atoms with E-state index in [1.807, 2.05) is 30.3 Å². The van der Waals surface area contributed by atoms with Gasteiger partial charge < -0.3 is 24.1 Å². The summed E-state index contributed by atoms with van der Waals surface area (Å²) in [6.45, 7) is 12.3. The zero-order valence-corrected chi connectivity index (χ0v) is 21.4. The maximum absolute atomic E-state index is 13.6. The van der Waals surface area contributed by atoms with Crippen molar-refractivity contribution in [3.05, 3.63) is 48.0 Å². The second-order valence-corrected chi connectivity index (χ2v) is 9.56. The SMILES string of the molecule is C/C=C/[C@]1(O)[C@@H](C)CN(C(=O)OC(C)(C)C)[C@@]1(C(=O)OCC)[C@@H](C)OCOCc1ccccc1. The molecule has 1 heterocycles. The van der Waals surface area contributed by atoms with Crippen molar-refractivity contribution in [2.24, 2.45) is 5.92 Å². The molecular formula is C26H39NO7. The van der Waals surface area contributed by atoms with Gasteiger partial charge in [0.25, 0.3) is 0 Å². The predicted molar refractivity (Wildman–Crippen MR) is 128 cm³/mol. The molecule has 0 radical (unpaired) electrons. The van der Waals surface area contributed by atoms with Gasteiger partial charge in [0, 0.05) is 12.5 Å². The standard InChI is InChI=1S/C26H39NO7/c1-8-15-25(30)19(3)16-27(23(29)34-24(5,6)7)26(25,22(28)32-9-2)20(4)33-18-31-17-21-13-11-10-12-14-21/h8,10-15,19-20,30H,9,16-18H2,1-7H3/b15-8+/t19-,20+,25-,26+/m0/s1. The monoisotopic (exact) mass is 477 g/mol. The number of rotatable bonds is 9. The molecule has 1 N–H and O–H groups in total. The van der Waals surface area contributed by atoms with Gasteiger partial charge in [-0.1, -0.05) is 49.4 Å². The van der Waals surface area contributed by atoms with E-state index in [1.54, 1.807) is 54.5 Å². The molecule has 1 aliphatic heterocycles. The summed E-state index contributed by atoms with van der Waals surface area (Å²) in [4.78, 5) is 28.2. The van der Waals surface area contributed by atoms with E-state index in [2.05, 4.69) is 0 Å². The van der Waals surface area contributed by atoms with Crippen LogP contribution in [0, 0.1) is 5.92 Å². The van der Waals surface area contributed by atoms with Crippen LogP contribution in [0.4, 0.5) is 4.79 Å². The molecule has 1 aliphatic rings. The number of esters is 1. The van der Waals surface area contributed by atoms with E-state index in [4.69, 9.17) is 18.9 Å². The topological polar surface area (TPSA) is 94.5 Å². The zero-order chi connectivity index (χ0) is 25.6. The highest BCUT2D eigenvalue weighted by Gasteiger charge is 2.71. The molecule has 1 aromatic carbocycles. The largest absolute Gasteiger partial charge is 0.464 e. The Balaban J connectivity index is 2.43. The molecule has 1 saturated heterocycles. The molecule has 0 aromatic heterocycles. The fourth-order valence-corrected chi connectivity index (χ4v) is 4.46. The minimum atomic E-state index is -1.88. The lowest BCUT2D eigenvalue weighted by molar-refractivity contribution is -0.196. The van der Waals surface area contributed by atoms with Gasteiger partial charge in [-0.3, -0.25) is 4.90 Å². The Morgan fingerprint density at radius 1 is 1.26 bits per heavy atom. The molecule has 190 valence electrons.